The predicted molar refractivity (Wildman–Crippen MR) is 75.5 cm³/mol. The molecule has 0 amide bonds. The molecular formula is C13H19ClN2O3. The average molecular weight is 287 g/mol. The molecule has 0 aromatic heterocycles. The monoisotopic (exact) mass is 286 g/mol. The minimum atomic E-state index is -0.418. The average Bonchev–Trinajstić information content (AvgIpc) is 2.34. The quantitative estimate of drug-likeness (QED) is 0.453. The molecule has 1 N–H and O–H groups in total. The molecule has 0 radical (unpaired) electrons. The molecule has 0 fully saturated rings. The van der Waals surface area contributed by atoms with Crippen LogP contribution in [-0.4, -0.2) is 24.7 Å². The van der Waals surface area contributed by atoms with Crippen LogP contribution < -0.4 is 5.32 Å². The molecule has 0 heterocycles. The van der Waals surface area contributed by atoms with Gasteiger partial charge < -0.3 is 10.1 Å². The van der Waals surface area contributed by atoms with Gasteiger partial charge in [0.05, 0.1) is 11.5 Å². The van der Waals surface area contributed by atoms with Crippen molar-refractivity contribution in [2.24, 2.45) is 5.92 Å². The largest absolute Gasteiger partial charge is 0.380 e. The highest BCUT2D eigenvalue weighted by atomic mass is 35.5. The molecule has 1 rings (SSSR count). The number of ether oxygens (including phenoxy) is 1. The predicted octanol–water partition coefficient (Wildman–Crippen LogP) is 3.01. The number of nitrogens with zero attached hydrogens (tertiary/aromatic N) is 1. The lowest BCUT2D eigenvalue weighted by Crippen LogP contribution is -2.20. The van der Waals surface area contributed by atoms with E-state index >= 15 is 0 Å². The first-order valence-corrected chi connectivity index (χ1v) is 6.59. The summed E-state index contributed by atoms with van der Waals surface area (Å²) < 4.78 is 5.41. The van der Waals surface area contributed by atoms with Crippen molar-refractivity contribution < 1.29 is 9.66 Å². The summed E-state index contributed by atoms with van der Waals surface area (Å²) in [5.41, 5.74) is 0.668. The highest BCUT2D eigenvalue weighted by Crippen LogP contribution is 2.22. The molecule has 0 aliphatic heterocycles. The maximum absolute atomic E-state index is 10.9. The second-order valence-corrected chi connectivity index (χ2v) is 5.11. The van der Waals surface area contributed by atoms with Crippen molar-refractivity contribution in [3.63, 3.8) is 0 Å². The number of rotatable bonds is 8. The number of hydrogen-bond acceptors (Lipinski definition) is 4. The summed E-state index contributed by atoms with van der Waals surface area (Å²) in [7, 11) is 0. The fourth-order valence-electron chi connectivity index (χ4n) is 1.54. The van der Waals surface area contributed by atoms with Gasteiger partial charge in [0.1, 0.15) is 0 Å². The van der Waals surface area contributed by atoms with Crippen LogP contribution in [0.25, 0.3) is 0 Å². The zero-order valence-electron chi connectivity index (χ0n) is 11.2. The lowest BCUT2D eigenvalue weighted by atomic mass is 10.2. The van der Waals surface area contributed by atoms with E-state index in [0.717, 1.165) is 6.61 Å². The standard InChI is InChI=1S/C13H19ClN2O3/c1-10(2)9-19-6-5-15-8-11-3-4-12(14)7-13(11)16(17)18/h3-4,7,10,15H,5-6,8-9H2,1-2H3. The van der Waals surface area contributed by atoms with Crippen molar-refractivity contribution in [2.75, 3.05) is 19.8 Å². The number of nitro groups is 1. The number of nitrogens with one attached hydrogen (secondary N) is 1. The van der Waals surface area contributed by atoms with E-state index in [0.29, 0.717) is 36.2 Å². The second kappa shape index (κ2) is 8.09. The molecule has 0 atom stereocenters. The van der Waals surface area contributed by atoms with Crippen molar-refractivity contribution in [3.05, 3.63) is 38.9 Å². The normalized spacial score (nSPS) is 10.9. The summed E-state index contributed by atoms with van der Waals surface area (Å²) in [6.07, 6.45) is 0. The third-order valence-corrected chi connectivity index (χ3v) is 2.67. The van der Waals surface area contributed by atoms with Crippen LogP contribution in [0.1, 0.15) is 19.4 Å². The lowest BCUT2D eigenvalue weighted by molar-refractivity contribution is -0.385. The molecule has 0 bridgehead atoms. The van der Waals surface area contributed by atoms with E-state index in [1.807, 2.05) is 0 Å². The summed E-state index contributed by atoms with van der Waals surface area (Å²) in [5, 5.41) is 14.4. The van der Waals surface area contributed by atoms with Crippen LogP contribution in [0.4, 0.5) is 5.69 Å². The Balaban J connectivity index is 2.39. The number of hydrogen-bond donors (Lipinski definition) is 1. The fraction of sp³-hybridized carbons (Fsp3) is 0.538. The Bertz CT molecular complexity index is 424. The van der Waals surface area contributed by atoms with Gasteiger partial charge in [-0.1, -0.05) is 25.4 Å². The topological polar surface area (TPSA) is 64.4 Å². The summed E-state index contributed by atoms with van der Waals surface area (Å²) >= 11 is 5.75. The third kappa shape index (κ3) is 6.00. The summed E-state index contributed by atoms with van der Waals surface area (Å²) in [6.45, 7) is 6.59. The highest BCUT2D eigenvalue weighted by Gasteiger charge is 2.13. The molecule has 0 spiro atoms. The van der Waals surface area contributed by atoms with Gasteiger partial charge >= 0.3 is 0 Å². The molecule has 1 aromatic rings. The molecule has 5 nitrogen and oxygen atoms in total. The first-order valence-electron chi connectivity index (χ1n) is 6.22. The van der Waals surface area contributed by atoms with Crippen molar-refractivity contribution >= 4 is 17.3 Å². The SMILES string of the molecule is CC(C)COCCNCc1ccc(Cl)cc1[N+](=O)[O-]. The molecule has 6 heteroatoms. The molecule has 0 saturated heterocycles. The number of halogens is 1. The van der Waals surface area contributed by atoms with Crippen molar-refractivity contribution in [2.45, 2.75) is 20.4 Å². The zero-order valence-corrected chi connectivity index (χ0v) is 11.9. The zero-order chi connectivity index (χ0) is 14.3. The Labute approximate surface area is 118 Å². The lowest BCUT2D eigenvalue weighted by Gasteiger charge is -2.08. The molecule has 0 aliphatic carbocycles. The van der Waals surface area contributed by atoms with Gasteiger partial charge in [0.25, 0.3) is 5.69 Å². The van der Waals surface area contributed by atoms with Crippen LogP contribution in [0.15, 0.2) is 18.2 Å². The molecule has 0 unspecified atom stereocenters. The Morgan fingerprint density at radius 3 is 2.84 bits per heavy atom. The minimum Gasteiger partial charge on any atom is -0.380 e. The van der Waals surface area contributed by atoms with Gasteiger partial charge in [0.2, 0.25) is 0 Å². The summed E-state index contributed by atoms with van der Waals surface area (Å²) in [6, 6.07) is 4.69. The van der Waals surface area contributed by atoms with Gasteiger partial charge in [-0.15, -0.1) is 0 Å². The van der Waals surface area contributed by atoms with E-state index in [2.05, 4.69) is 19.2 Å². The molecule has 1 aromatic carbocycles. The first-order chi connectivity index (χ1) is 9.00. The number of benzene rings is 1. The van der Waals surface area contributed by atoms with Crippen LogP contribution in [0.5, 0.6) is 0 Å². The van der Waals surface area contributed by atoms with Gasteiger partial charge in [-0.05, 0) is 18.1 Å². The molecule has 0 saturated carbocycles. The van der Waals surface area contributed by atoms with Gasteiger partial charge in [0.15, 0.2) is 0 Å². The number of nitro benzene ring substituents is 1. The third-order valence-electron chi connectivity index (χ3n) is 2.43. The van der Waals surface area contributed by atoms with Crippen molar-refractivity contribution in [1.29, 1.82) is 0 Å². The Kier molecular flexibility index (Phi) is 6.77. The van der Waals surface area contributed by atoms with Crippen LogP contribution in [0, 0.1) is 16.0 Å². The van der Waals surface area contributed by atoms with Crippen LogP contribution in [0.2, 0.25) is 5.02 Å². The van der Waals surface area contributed by atoms with Crippen LogP contribution >= 0.6 is 11.6 Å². The smallest absolute Gasteiger partial charge is 0.275 e. The van der Waals surface area contributed by atoms with Crippen molar-refractivity contribution in [3.8, 4) is 0 Å². The summed E-state index contributed by atoms with van der Waals surface area (Å²) in [5.74, 6) is 0.511. The molecule has 0 aliphatic rings. The van der Waals surface area contributed by atoms with Crippen LogP contribution in [0.3, 0.4) is 0 Å². The molecular weight excluding hydrogens is 268 g/mol. The summed E-state index contributed by atoms with van der Waals surface area (Å²) in [4.78, 5) is 10.5. The van der Waals surface area contributed by atoms with E-state index in [9.17, 15) is 10.1 Å². The Morgan fingerprint density at radius 1 is 1.47 bits per heavy atom. The maximum atomic E-state index is 10.9. The second-order valence-electron chi connectivity index (χ2n) is 4.68. The molecule has 19 heavy (non-hydrogen) atoms. The van der Waals surface area contributed by atoms with E-state index < -0.39 is 4.92 Å². The van der Waals surface area contributed by atoms with E-state index in [-0.39, 0.29) is 5.69 Å². The molecule has 106 valence electrons. The van der Waals surface area contributed by atoms with Crippen LogP contribution in [-0.2, 0) is 11.3 Å². The Morgan fingerprint density at radius 2 is 2.21 bits per heavy atom. The van der Waals surface area contributed by atoms with Gasteiger partial charge in [-0.2, -0.15) is 0 Å². The highest BCUT2D eigenvalue weighted by molar-refractivity contribution is 6.30. The van der Waals surface area contributed by atoms with Crippen molar-refractivity contribution in [1.82, 2.24) is 5.32 Å². The first kappa shape index (κ1) is 15.9. The maximum Gasteiger partial charge on any atom is 0.275 e. The van der Waals surface area contributed by atoms with E-state index in [1.54, 1.807) is 12.1 Å². The minimum absolute atomic E-state index is 0.0445. The van der Waals surface area contributed by atoms with E-state index in [4.69, 9.17) is 16.3 Å². The van der Waals surface area contributed by atoms with Gasteiger partial charge in [-0.3, -0.25) is 10.1 Å². The van der Waals surface area contributed by atoms with Gasteiger partial charge in [-0.25, -0.2) is 0 Å². The van der Waals surface area contributed by atoms with E-state index in [1.165, 1.54) is 6.07 Å². The fourth-order valence-corrected chi connectivity index (χ4v) is 1.71. The Hall–Kier alpha value is -1.17. The van der Waals surface area contributed by atoms with Gasteiger partial charge in [0, 0.05) is 36.3 Å².